The molecule has 0 aliphatic carbocycles. The van der Waals surface area contributed by atoms with Crippen LogP contribution in [0.4, 0.5) is 17.2 Å². The first-order chi connectivity index (χ1) is 12.2. The summed E-state index contributed by atoms with van der Waals surface area (Å²) in [6, 6.07) is 20.8. The third-order valence-corrected chi connectivity index (χ3v) is 4.19. The third kappa shape index (κ3) is 4.03. The van der Waals surface area contributed by atoms with Crippen molar-refractivity contribution in [2.75, 3.05) is 17.3 Å². The van der Waals surface area contributed by atoms with E-state index in [1.165, 1.54) is 4.90 Å². The molecule has 0 unspecified atom stereocenters. The zero-order valence-electron chi connectivity index (χ0n) is 13.6. The van der Waals surface area contributed by atoms with Gasteiger partial charge >= 0.3 is 0 Å². The lowest BCUT2D eigenvalue weighted by atomic mass is 10.2. The van der Waals surface area contributed by atoms with E-state index in [1.807, 2.05) is 54.8 Å². The number of nitrogen functional groups attached to an aromatic ring is 1. The van der Waals surface area contributed by atoms with Gasteiger partial charge in [0.1, 0.15) is 23.2 Å². The van der Waals surface area contributed by atoms with Crippen LogP contribution in [-0.2, 0) is 0 Å². The number of nitrogens with zero attached hydrogens (tertiary/aromatic N) is 2. The van der Waals surface area contributed by atoms with Gasteiger partial charge in [-0.25, -0.2) is 0 Å². The molecule has 3 rings (SSSR count). The van der Waals surface area contributed by atoms with Crippen molar-refractivity contribution in [2.45, 2.75) is 4.90 Å². The van der Waals surface area contributed by atoms with Crippen LogP contribution in [0.2, 0.25) is 0 Å². The van der Waals surface area contributed by atoms with Crippen LogP contribution in [0, 0.1) is 11.3 Å². The van der Waals surface area contributed by atoms with Crippen LogP contribution >= 0.6 is 11.8 Å². The Kier molecular flexibility index (Phi) is 5.07. The second kappa shape index (κ2) is 7.60. The molecule has 0 fully saturated rings. The van der Waals surface area contributed by atoms with E-state index in [0.717, 1.165) is 5.69 Å². The van der Waals surface area contributed by atoms with Crippen LogP contribution in [-0.4, -0.2) is 11.2 Å². The van der Waals surface area contributed by atoms with Crippen molar-refractivity contribution >= 4 is 29.0 Å². The molecule has 6 heteroatoms. The fourth-order valence-electron chi connectivity index (χ4n) is 2.21. The summed E-state index contributed by atoms with van der Waals surface area (Å²) < 4.78 is 5.74. The lowest BCUT2D eigenvalue weighted by Gasteiger charge is -2.12. The molecular formula is C19H16N4OS. The second-order valence-corrected chi connectivity index (χ2v) is 6.04. The van der Waals surface area contributed by atoms with Crippen molar-refractivity contribution in [1.82, 2.24) is 4.98 Å². The SMILES string of the molecule is CSc1ccc(Nc2cc(N)c(C#N)c(Oc3ccccc3)n2)cc1. The standard InChI is InChI=1S/C19H16N4OS/c1-25-15-9-7-13(8-10-15)22-18-11-17(21)16(12-20)19(23-18)24-14-5-3-2-4-6-14/h2-11H,1H3,(H3,21,22,23). The molecule has 5 nitrogen and oxygen atoms in total. The Morgan fingerprint density at radius 3 is 2.48 bits per heavy atom. The summed E-state index contributed by atoms with van der Waals surface area (Å²) in [5.41, 5.74) is 7.40. The zero-order chi connectivity index (χ0) is 17.6. The predicted octanol–water partition coefficient (Wildman–Crippen LogP) is 4.79. The maximum absolute atomic E-state index is 9.34. The van der Waals surface area contributed by atoms with E-state index in [1.54, 1.807) is 30.0 Å². The monoisotopic (exact) mass is 348 g/mol. The molecule has 0 saturated heterocycles. The number of anilines is 3. The third-order valence-electron chi connectivity index (χ3n) is 3.45. The van der Waals surface area contributed by atoms with Gasteiger partial charge in [0, 0.05) is 16.6 Å². The molecule has 25 heavy (non-hydrogen) atoms. The molecule has 0 amide bonds. The molecule has 0 bridgehead atoms. The van der Waals surface area contributed by atoms with Gasteiger partial charge in [-0.1, -0.05) is 18.2 Å². The Hall–Kier alpha value is -3.17. The zero-order valence-corrected chi connectivity index (χ0v) is 14.4. The first-order valence-corrected chi connectivity index (χ1v) is 8.76. The van der Waals surface area contributed by atoms with Gasteiger partial charge in [0.05, 0.1) is 5.69 Å². The van der Waals surface area contributed by atoms with Gasteiger partial charge < -0.3 is 15.8 Å². The van der Waals surface area contributed by atoms with Gasteiger partial charge in [-0.05, 0) is 42.7 Å². The van der Waals surface area contributed by atoms with Gasteiger partial charge in [-0.3, -0.25) is 0 Å². The first kappa shape index (κ1) is 16.7. The molecule has 2 aromatic carbocycles. The predicted molar refractivity (Wildman–Crippen MR) is 101 cm³/mol. The van der Waals surface area contributed by atoms with E-state index < -0.39 is 0 Å². The van der Waals surface area contributed by atoms with E-state index in [4.69, 9.17) is 10.5 Å². The van der Waals surface area contributed by atoms with E-state index >= 15 is 0 Å². The summed E-state index contributed by atoms with van der Waals surface area (Å²) in [6.07, 6.45) is 2.03. The maximum atomic E-state index is 9.34. The summed E-state index contributed by atoms with van der Waals surface area (Å²) in [6.45, 7) is 0. The minimum Gasteiger partial charge on any atom is -0.438 e. The molecule has 0 atom stereocenters. The van der Waals surface area contributed by atoms with Crippen molar-refractivity contribution < 1.29 is 4.74 Å². The fraction of sp³-hybridized carbons (Fsp3) is 0.0526. The average molecular weight is 348 g/mol. The van der Waals surface area contributed by atoms with Crippen molar-refractivity contribution in [3.63, 3.8) is 0 Å². The number of pyridine rings is 1. The number of aromatic nitrogens is 1. The van der Waals surface area contributed by atoms with Gasteiger partial charge in [0.15, 0.2) is 0 Å². The number of hydrogen-bond acceptors (Lipinski definition) is 6. The largest absolute Gasteiger partial charge is 0.438 e. The van der Waals surface area contributed by atoms with Crippen LogP contribution in [0.1, 0.15) is 5.56 Å². The number of benzene rings is 2. The minimum absolute atomic E-state index is 0.178. The Morgan fingerprint density at radius 1 is 1.12 bits per heavy atom. The van der Waals surface area contributed by atoms with E-state index in [2.05, 4.69) is 10.3 Å². The van der Waals surface area contributed by atoms with E-state index in [-0.39, 0.29) is 11.4 Å². The highest BCUT2D eigenvalue weighted by atomic mass is 32.2. The Labute approximate surface area is 150 Å². The molecule has 0 saturated carbocycles. The summed E-state index contributed by atoms with van der Waals surface area (Å²) in [5, 5.41) is 12.5. The van der Waals surface area contributed by atoms with Crippen LogP contribution in [0.5, 0.6) is 11.6 Å². The highest BCUT2D eigenvalue weighted by Crippen LogP contribution is 2.30. The lowest BCUT2D eigenvalue weighted by Crippen LogP contribution is -2.02. The van der Waals surface area contributed by atoms with E-state index in [9.17, 15) is 5.26 Å². The maximum Gasteiger partial charge on any atom is 0.241 e. The smallest absolute Gasteiger partial charge is 0.241 e. The summed E-state index contributed by atoms with van der Waals surface area (Å²) >= 11 is 1.68. The number of nitriles is 1. The minimum atomic E-state index is 0.178. The van der Waals surface area contributed by atoms with Crippen LogP contribution in [0.15, 0.2) is 65.6 Å². The molecule has 0 aliphatic rings. The summed E-state index contributed by atoms with van der Waals surface area (Å²) in [4.78, 5) is 5.57. The molecule has 0 radical (unpaired) electrons. The molecule has 124 valence electrons. The number of para-hydroxylation sites is 1. The van der Waals surface area contributed by atoms with Crippen LogP contribution < -0.4 is 15.8 Å². The number of rotatable bonds is 5. The summed E-state index contributed by atoms with van der Waals surface area (Å²) in [5.74, 6) is 1.28. The average Bonchev–Trinajstić information content (AvgIpc) is 2.63. The molecule has 0 aliphatic heterocycles. The Morgan fingerprint density at radius 2 is 1.84 bits per heavy atom. The quantitative estimate of drug-likeness (QED) is 0.645. The number of nitrogens with two attached hydrogens (primary N) is 1. The number of nitrogens with one attached hydrogen (secondary N) is 1. The highest BCUT2D eigenvalue weighted by molar-refractivity contribution is 7.98. The van der Waals surface area contributed by atoms with Crippen LogP contribution in [0.25, 0.3) is 0 Å². The summed E-state index contributed by atoms with van der Waals surface area (Å²) in [7, 11) is 0. The topological polar surface area (TPSA) is 84.0 Å². The highest BCUT2D eigenvalue weighted by Gasteiger charge is 2.13. The van der Waals surface area contributed by atoms with Crippen LogP contribution in [0.3, 0.4) is 0 Å². The molecule has 1 aromatic heterocycles. The van der Waals surface area contributed by atoms with Gasteiger partial charge in [-0.2, -0.15) is 10.2 Å². The van der Waals surface area contributed by atoms with E-state index in [0.29, 0.717) is 17.3 Å². The van der Waals surface area contributed by atoms with Gasteiger partial charge in [0.2, 0.25) is 5.88 Å². The molecule has 0 spiro atoms. The van der Waals surface area contributed by atoms with Gasteiger partial charge in [-0.15, -0.1) is 11.8 Å². The number of ether oxygens (including phenoxy) is 1. The normalized spacial score (nSPS) is 10.1. The lowest BCUT2D eigenvalue weighted by molar-refractivity contribution is 0.462. The first-order valence-electron chi connectivity index (χ1n) is 7.54. The van der Waals surface area contributed by atoms with Crippen molar-refractivity contribution in [1.29, 1.82) is 5.26 Å². The fourth-order valence-corrected chi connectivity index (χ4v) is 2.62. The Bertz CT molecular complexity index is 905. The number of thioether (sulfide) groups is 1. The molecule has 3 aromatic rings. The second-order valence-electron chi connectivity index (χ2n) is 5.16. The molecule has 3 N–H and O–H groups in total. The molecular weight excluding hydrogens is 332 g/mol. The van der Waals surface area contributed by atoms with Crippen molar-refractivity contribution in [2.24, 2.45) is 0 Å². The van der Waals surface area contributed by atoms with Crippen molar-refractivity contribution in [3.8, 4) is 17.7 Å². The van der Waals surface area contributed by atoms with Gasteiger partial charge in [0.25, 0.3) is 0 Å². The Balaban J connectivity index is 1.91. The number of hydrogen-bond donors (Lipinski definition) is 2. The van der Waals surface area contributed by atoms with Crippen molar-refractivity contribution in [3.05, 3.63) is 66.2 Å². The molecule has 1 heterocycles.